The van der Waals surface area contributed by atoms with Crippen LogP contribution in [0.4, 0.5) is 32.8 Å². The Labute approximate surface area is 261 Å². The molecule has 1 saturated heterocycles. The Bertz CT molecular complexity index is 1860. The van der Waals surface area contributed by atoms with E-state index < -0.39 is 5.82 Å². The first-order valence-corrected chi connectivity index (χ1v) is 15.0. The van der Waals surface area contributed by atoms with Crippen LogP contribution in [-0.2, 0) is 7.05 Å². The lowest BCUT2D eigenvalue weighted by Gasteiger charge is -2.31. The molecule has 3 N–H and O–H groups in total. The highest BCUT2D eigenvalue weighted by Gasteiger charge is 2.32. The fraction of sp³-hybridized carbons (Fsp3) is 0.222. The van der Waals surface area contributed by atoms with E-state index in [1.54, 1.807) is 62.6 Å². The fourth-order valence-electron chi connectivity index (χ4n) is 5.73. The molecule has 0 spiro atoms. The molecule has 4 aromatic carbocycles. The summed E-state index contributed by atoms with van der Waals surface area (Å²) in [6.45, 7) is 1.59. The number of aromatic nitrogens is 1. The molecule has 1 aliphatic heterocycles. The Balaban J connectivity index is 1.08. The van der Waals surface area contributed by atoms with Crippen molar-refractivity contribution in [3.05, 3.63) is 114 Å². The average Bonchev–Trinajstić information content (AvgIpc) is 3.42. The van der Waals surface area contributed by atoms with Crippen molar-refractivity contribution in [3.8, 4) is 0 Å². The topological polar surface area (TPSA) is 86.6 Å². The van der Waals surface area contributed by atoms with Crippen molar-refractivity contribution >= 4 is 51.2 Å². The molecule has 1 fully saturated rings. The fourth-order valence-corrected chi connectivity index (χ4v) is 5.73. The van der Waals surface area contributed by atoms with Gasteiger partial charge < -0.3 is 25.2 Å². The van der Waals surface area contributed by atoms with Gasteiger partial charge in [-0.2, -0.15) is 0 Å². The number of hydrogen-bond acceptors (Lipinski definition) is 5. The van der Waals surface area contributed by atoms with Gasteiger partial charge in [0.05, 0.1) is 31.5 Å². The molecule has 9 heteroatoms. The van der Waals surface area contributed by atoms with Crippen molar-refractivity contribution in [1.29, 1.82) is 0 Å². The number of rotatable bonds is 7. The number of hydrogen-bond donors (Lipinski definition) is 3. The van der Waals surface area contributed by atoms with Crippen molar-refractivity contribution in [1.82, 2.24) is 9.05 Å². The highest BCUT2D eigenvalue weighted by atomic mass is 19.1. The number of fused-ring (bicyclic) bond motifs is 1. The summed E-state index contributed by atoms with van der Waals surface area (Å²) in [4.78, 5) is 28.5. The first-order chi connectivity index (χ1) is 21.6. The van der Waals surface area contributed by atoms with Crippen LogP contribution in [0, 0.1) is 5.82 Å². The van der Waals surface area contributed by atoms with E-state index in [4.69, 9.17) is 0 Å². The second-order valence-electron chi connectivity index (χ2n) is 12.0. The van der Waals surface area contributed by atoms with Gasteiger partial charge in [0.1, 0.15) is 5.69 Å². The standard InChI is InChI=1S/C36H36FN5O3/c1-40-19-16-24-4-5-26(22-34(24)40)36(45)42(2,3)30-14-15-33(32(37)23-30)38-27-8-10-28(11-9-27)39-35(44)25-6-12-29(13-7-25)41-20-17-31(43)18-21-41/h4-16,19,22-23,31,38,43H,17-18,20-21H2,1-3H3/p+1. The zero-order valence-corrected chi connectivity index (χ0v) is 25.6. The minimum absolute atomic E-state index is 0.144. The van der Waals surface area contributed by atoms with Crippen LogP contribution in [0.2, 0.25) is 0 Å². The molecule has 0 saturated carbocycles. The molecule has 6 rings (SSSR count). The monoisotopic (exact) mass is 606 g/mol. The SMILES string of the molecule is Cn1ccc2ccc(C(=O)[N+](C)(C)c3ccc(Nc4ccc(NC(=O)c5ccc(N6CCC(O)CC6)cc5)cc4)c(F)c3)cc21. The summed E-state index contributed by atoms with van der Waals surface area (Å²) in [5, 5.41) is 16.8. The summed E-state index contributed by atoms with van der Waals surface area (Å²) in [7, 11) is 5.44. The third-order valence-corrected chi connectivity index (χ3v) is 8.62. The highest BCUT2D eigenvalue weighted by Crippen LogP contribution is 2.30. The first kappa shape index (κ1) is 30.1. The minimum atomic E-state index is -0.481. The zero-order valence-electron chi connectivity index (χ0n) is 25.6. The molecule has 0 aliphatic carbocycles. The normalized spacial score (nSPS) is 14.0. The molecule has 0 bridgehead atoms. The number of piperidine rings is 1. The molecule has 0 unspecified atom stereocenters. The maximum Gasteiger partial charge on any atom is 0.350 e. The van der Waals surface area contributed by atoms with E-state index in [-0.39, 0.29) is 28.1 Å². The van der Waals surface area contributed by atoms with Gasteiger partial charge in [0.25, 0.3) is 5.91 Å². The molecule has 8 nitrogen and oxygen atoms in total. The molecule has 1 aromatic heterocycles. The average molecular weight is 607 g/mol. The van der Waals surface area contributed by atoms with E-state index in [1.165, 1.54) is 6.07 Å². The van der Waals surface area contributed by atoms with Crippen molar-refractivity contribution in [2.75, 3.05) is 42.7 Å². The number of aryl methyl sites for hydroxylation is 1. The van der Waals surface area contributed by atoms with Gasteiger partial charge in [-0.3, -0.25) is 4.79 Å². The molecular formula is C36H37FN5O3+. The number of carbonyl (C=O) groups excluding carboxylic acids is 2. The van der Waals surface area contributed by atoms with E-state index in [0.717, 1.165) is 42.5 Å². The van der Waals surface area contributed by atoms with Crippen LogP contribution >= 0.6 is 0 Å². The Hall–Kier alpha value is -4.99. The predicted molar refractivity (Wildman–Crippen MR) is 179 cm³/mol. The van der Waals surface area contributed by atoms with Gasteiger partial charge >= 0.3 is 5.91 Å². The lowest BCUT2D eigenvalue weighted by atomic mass is 10.1. The quantitative estimate of drug-likeness (QED) is 0.180. The number of benzene rings is 4. The van der Waals surface area contributed by atoms with Crippen LogP contribution in [0.3, 0.4) is 0 Å². The second kappa shape index (κ2) is 12.2. The molecule has 0 radical (unpaired) electrons. The number of aliphatic hydroxyl groups is 1. The van der Waals surface area contributed by atoms with Gasteiger partial charge in [0, 0.05) is 66.6 Å². The molecule has 2 heterocycles. The number of halogens is 1. The van der Waals surface area contributed by atoms with Gasteiger partial charge in [-0.05, 0) is 91.0 Å². The third kappa shape index (κ3) is 6.31. The summed E-state index contributed by atoms with van der Waals surface area (Å²) >= 11 is 0. The van der Waals surface area contributed by atoms with Crippen molar-refractivity contribution in [2.45, 2.75) is 18.9 Å². The number of quaternary nitrogens is 1. The van der Waals surface area contributed by atoms with Gasteiger partial charge in [-0.15, -0.1) is 0 Å². The van der Waals surface area contributed by atoms with E-state index in [9.17, 15) is 14.7 Å². The van der Waals surface area contributed by atoms with Gasteiger partial charge in [0.2, 0.25) is 0 Å². The van der Waals surface area contributed by atoms with Crippen LogP contribution in [0.5, 0.6) is 0 Å². The van der Waals surface area contributed by atoms with Crippen molar-refractivity contribution in [2.24, 2.45) is 7.05 Å². The van der Waals surface area contributed by atoms with Crippen molar-refractivity contribution < 1.29 is 19.1 Å². The molecule has 1 aliphatic rings. The van der Waals surface area contributed by atoms with Crippen LogP contribution in [0.1, 0.15) is 33.6 Å². The second-order valence-corrected chi connectivity index (χ2v) is 12.0. The summed E-state index contributed by atoms with van der Waals surface area (Å²) in [5.74, 6) is -0.850. The van der Waals surface area contributed by atoms with Crippen molar-refractivity contribution in [3.63, 3.8) is 0 Å². The lowest BCUT2D eigenvalue weighted by molar-refractivity contribution is 0.0831. The Morgan fingerprint density at radius 1 is 0.844 bits per heavy atom. The number of aliphatic hydroxyl groups excluding tert-OH is 1. The maximum absolute atomic E-state index is 15.3. The summed E-state index contributed by atoms with van der Waals surface area (Å²) in [6.07, 6.45) is 3.21. The Morgan fingerprint density at radius 3 is 2.20 bits per heavy atom. The van der Waals surface area contributed by atoms with E-state index in [0.29, 0.717) is 28.2 Å². The van der Waals surface area contributed by atoms with Crippen LogP contribution in [-0.4, -0.2) is 54.8 Å². The number of anilines is 4. The molecule has 230 valence electrons. The Morgan fingerprint density at radius 2 is 1.51 bits per heavy atom. The number of carbonyl (C=O) groups is 2. The smallest absolute Gasteiger partial charge is 0.350 e. The largest absolute Gasteiger partial charge is 0.393 e. The number of nitrogens with zero attached hydrogens (tertiary/aromatic N) is 3. The highest BCUT2D eigenvalue weighted by molar-refractivity contribution is 6.05. The molecule has 5 aromatic rings. The van der Waals surface area contributed by atoms with E-state index in [1.807, 2.05) is 54.2 Å². The zero-order chi connectivity index (χ0) is 31.7. The molecule has 2 amide bonds. The van der Waals surface area contributed by atoms with Crippen LogP contribution in [0.25, 0.3) is 10.9 Å². The molecular weight excluding hydrogens is 569 g/mol. The Kier molecular flexibility index (Phi) is 8.14. The van der Waals surface area contributed by atoms with Crippen LogP contribution < -0.4 is 20.0 Å². The number of nitrogens with one attached hydrogen (secondary N) is 2. The first-order valence-electron chi connectivity index (χ1n) is 15.0. The molecule has 45 heavy (non-hydrogen) atoms. The maximum atomic E-state index is 15.3. The third-order valence-electron chi connectivity index (χ3n) is 8.62. The van der Waals surface area contributed by atoms with Gasteiger partial charge in [-0.1, -0.05) is 6.07 Å². The summed E-state index contributed by atoms with van der Waals surface area (Å²) in [5.41, 5.74) is 5.15. The predicted octanol–water partition coefficient (Wildman–Crippen LogP) is 6.68. The van der Waals surface area contributed by atoms with Gasteiger partial charge in [-0.25, -0.2) is 13.7 Å². The molecule has 0 atom stereocenters. The van der Waals surface area contributed by atoms with E-state index >= 15 is 4.39 Å². The van der Waals surface area contributed by atoms with E-state index in [2.05, 4.69) is 15.5 Å². The van der Waals surface area contributed by atoms with Crippen LogP contribution in [0.15, 0.2) is 97.2 Å². The number of amides is 2. The summed E-state index contributed by atoms with van der Waals surface area (Å²) < 4.78 is 17.1. The lowest BCUT2D eigenvalue weighted by Crippen LogP contribution is -2.46. The van der Waals surface area contributed by atoms with Gasteiger partial charge in [0.15, 0.2) is 5.82 Å². The minimum Gasteiger partial charge on any atom is -0.393 e. The summed E-state index contributed by atoms with van der Waals surface area (Å²) in [6, 6.07) is 26.9.